The van der Waals surface area contributed by atoms with E-state index in [1.54, 1.807) is 12.3 Å². The van der Waals surface area contributed by atoms with Gasteiger partial charge in [-0.1, -0.05) is 37.3 Å². The van der Waals surface area contributed by atoms with E-state index in [4.69, 9.17) is 9.47 Å². The first-order valence-corrected chi connectivity index (χ1v) is 10.2. The van der Waals surface area contributed by atoms with Gasteiger partial charge in [-0.3, -0.25) is 19.6 Å². The van der Waals surface area contributed by atoms with Crippen molar-refractivity contribution in [1.82, 2.24) is 15.1 Å². The number of hydrogen-bond donors (Lipinski definition) is 1. The van der Waals surface area contributed by atoms with Crippen LogP contribution in [-0.4, -0.2) is 41.4 Å². The molecule has 0 spiro atoms. The smallest absolute Gasteiger partial charge is 0.276 e. The monoisotopic (exact) mass is 438 g/mol. The third kappa shape index (κ3) is 5.05. The highest BCUT2D eigenvalue weighted by atomic mass is 16.6. The predicted molar refractivity (Wildman–Crippen MR) is 119 cm³/mol. The number of nitro benzene ring substituents is 1. The highest BCUT2D eigenvalue weighted by Crippen LogP contribution is 2.34. The Kier molecular flexibility index (Phi) is 7.43. The van der Waals surface area contributed by atoms with Crippen molar-refractivity contribution in [3.8, 4) is 11.5 Å². The van der Waals surface area contributed by atoms with Crippen LogP contribution in [0.1, 0.15) is 34.1 Å². The van der Waals surface area contributed by atoms with Crippen molar-refractivity contribution in [3.63, 3.8) is 0 Å². The van der Waals surface area contributed by atoms with Gasteiger partial charge in [0.1, 0.15) is 0 Å². The largest absolute Gasteiger partial charge is 0.493 e. The van der Waals surface area contributed by atoms with Gasteiger partial charge in [-0.2, -0.15) is 5.10 Å². The van der Waals surface area contributed by atoms with E-state index in [0.717, 1.165) is 11.3 Å². The van der Waals surface area contributed by atoms with Gasteiger partial charge in [0.25, 0.3) is 11.6 Å². The molecule has 0 aliphatic heterocycles. The quantitative estimate of drug-likeness (QED) is 0.384. The van der Waals surface area contributed by atoms with Crippen LogP contribution in [0.25, 0.3) is 0 Å². The number of ether oxygens (including phenoxy) is 2. The minimum absolute atomic E-state index is 0.0816. The maximum absolute atomic E-state index is 12.8. The molecule has 9 nitrogen and oxygen atoms in total. The molecule has 168 valence electrons. The van der Waals surface area contributed by atoms with Crippen LogP contribution in [-0.2, 0) is 19.4 Å². The molecule has 0 bridgehead atoms. The van der Waals surface area contributed by atoms with E-state index in [1.165, 1.54) is 20.3 Å². The van der Waals surface area contributed by atoms with Crippen molar-refractivity contribution >= 4 is 11.6 Å². The van der Waals surface area contributed by atoms with Crippen molar-refractivity contribution in [2.75, 3.05) is 20.8 Å². The Morgan fingerprint density at radius 1 is 1.16 bits per heavy atom. The molecule has 3 rings (SSSR count). The van der Waals surface area contributed by atoms with E-state index >= 15 is 0 Å². The van der Waals surface area contributed by atoms with Crippen LogP contribution in [0, 0.1) is 10.1 Å². The van der Waals surface area contributed by atoms with Crippen LogP contribution in [0.3, 0.4) is 0 Å². The van der Waals surface area contributed by atoms with Gasteiger partial charge in [0, 0.05) is 12.1 Å². The van der Waals surface area contributed by atoms with E-state index in [1.807, 2.05) is 41.9 Å². The first-order valence-electron chi connectivity index (χ1n) is 10.2. The van der Waals surface area contributed by atoms with Crippen molar-refractivity contribution in [2.45, 2.75) is 26.3 Å². The van der Waals surface area contributed by atoms with Crippen LogP contribution < -0.4 is 14.8 Å². The summed E-state index contributed by atoms with van der Waals surface area (Å²) < 4.78 is 12.2. The molecular formula is C23H26N4O5. The second-order valence-electron chi connectivity index (χ2n) is 7.10. The lowest BCUT2D eigenvalue weighted by atomic mass is 10.1. The molecule has 1 aromatic heterocycles. The number of methoxy groups -OCH3 is 2. The summed E-state index contributed by atoms with van der Waals surface area (Å²) in [6.45, 7) is 2.78. The topological polar surface area (TPSA) is 109 Å². The van der Waals surface area contributed by atoms with Crippen molar-refractivity contribution in [1.29, 1.82) is 0 Å². The van der Waals surface area contributed by atoms with Gasteiger partial charge in [0.2, 0.25) is 0 Å². The number of hydrogen-bond acceptors (Lipinski definition) is 6. The number of amides is 1. The standard InChI is InChI=1S/C23H26N4O5/c1-4-19-18(14-25-26(19)15-16-8-6-5-7-9-16)23(28)24-11-10-17-12-21(31-2)22(32-3)13-20(17)27(29)30/h5-9,12-14H,4,10-11,15H2,1-3H3,(H,24,28). The summed E-state index contributed by atoms with van der Waals surface area (Å²) in [5.41, 5.74) is 2.80. The minimum atomic E-state index is -0.470. The fourth-order valence-electron chi connectivity index (χ4n) is 3.55. The number of carbonyl (C=O) groups is 1. The molecule has 3 aromatic rings. The lowest BCUT2D eigenvalue weighted by Gasteiger charge is -2.11. The summed E-state index contributed by atoms with van der Waals surface area (Å²) in [6.07, 6.45) is 2.48. The van der Waals surface area contributed by atoms with Gasteiger partial charge in [0.05, 0.1) is 49.2 Å². The Labute approximate surface area is 186 Å². The van der Waals surface area contributed by atoms with Gasteiger partial charge in [0.15, 0.2) is 11.5 Å². The third-order valence-corrected chi connectivity index (χ3v) is 5.16. The maximum atomic E-state index is 12.8. The first-order chi connectivity index (χ1) is 15.5. The lowest BCUT2D eigenvalue weighted by molar-refractivity contribution is -0.385. The van der Waals surface area contributed by atoms with Crippen molar-refractivity contribution in [2.24, 2.45) is 0 Å². The zero-order valence-electron chi connectivity index (χ0n) is 18.3. The average Bonchev–Trinajstić information content (AvgIpc) is 3.21. The first kappa shape index (κ1) is 22.8. The predicted octanol–water partition coefficient (Wildman–Crippen LogP) is 3.39. The van der Waals surface area contributed by atoms with E-state index in [-0.39, 0.29) is 30.3 Å². The second kappa shape index (κ2) is 10.4. The SMILES string of the molecule is CCc1c(C(=O)NCCc2cc(OC)c(OC)cc2[N+](=O)[O-])cnn1Cc1ccccc1. The number of benzene rings is 2. The fraction of sp³-hybridized carbons (Fsp3) is 0.304. The molecule has 0 atom stereocenters. The number of carbonyl (C=O) groups excluding carboxylic acids is 1. The van der Waals surface area contributed by atoms with E-state index in [2.05, 4.69) is 10.4 Å². The molecule has 1 heterocycles. The number of nitrogens with zero attached hydrogens (tertiary/aromatic N) is 3. The summed E-state index contributed by atoms with van der Waals surface area (Å²) in [7, 11) is 2.89. The number of nitrogens with one attached hydrogen (secondary N) is 1. The summed E-state index contributed by atoms with van der Waals surface area (Å²) >= 11 is 0. The summed E-state index contributed by atoms with van der Waals surface area (Å²) in [4.78, 5) is 23.8. The van der Waals surface area contributed by atoms with Gasteiger partial charge < -0.3 is 14.8 Å². The number of nitro groups is 1. The molecule has 0 aliphatic rings. The van der Waals surface area contributed by atoms with Crippen LogP contribution in [0.2, 0.25) is 0 Å². The Balaban J connectivity index is 1.71. The molecule has 9 heteroatoms. The zero-order valence-corrected chi connectivity index (χ0v) is 18.3. The van der Waals surface area contributed by atoms with E-state index < -0.39 is 4.92 Å². The Morgan fingerprint density at radius 2 is 1.84 bits per heavy atom. The Hall–Kier alpha value is -3.88. The molecule has 1 amide bonds. The highest BCUT2D eigenvalue weighted by Gasteiger charge is 2.20. The average molecular weight is 438 g/mol. The lowest BCUT2D eigenvalue weighted by Crippen LogP contribution is -2.26. The minimum Gasteiger partial charge on any atom is -0.493 e. The summed E-state index contributed by atoms with van der Waals surface area (Å²) in [5, 5.41) is 18.7. The zero-order chi connectivity index (χ0) is 23.1. The summed E-state index contributed by atoms with van der Waals surface area (Å²) in [6, 6.07) is 12.8. The molecule has 0 aliphatic carbocycles. The van der Waals surface area contributed by atoms with E-state index in [9.17, 15) is 14.9 Å². The van der Waals surface area contributed by atoms with Crippen molar-refractivity contribution < 1.29 is 19.2 Å². The molecular weight excluding hydrogens is 412 g/mol. The fourth-order valence-corrected chi connectivity index (χ4v) is 3.55. The molecule has 2 aromatic carbocycles. The van der Waals surface area contributed by atoms with Gasteiger partial charge in [-0.15, -0.1) is 0 Å². The maximum Gasteiger partial charge on any atom is 0.276 e. The molecule has 0 fully saturated rings. The van der Waals surface area contributed by atoms with Crippen LogP contribution in [0.15, 0.2) is 48.7 Å². The highest BCUT2D eigenvalue weighted by molar-refractivity contribution is 5.95. The van der Waals surface area contributed by atoms with Crippen LogP contribution in [0.4, 0.5) is 5.69 Å². The molecule has 0 saturated heterocycles. The second-order valence-corrected chi connectivity index (χ2v) is 7.10. The summed E-state index contributed by atoms with van der Waals surface area (Å²) in [5.74, 6) is 0.421. The van der Waals surface area contributed by atoms with Crippen molar-refractivity contribution in [3.05, 3.63) is 81.2 Å². The van der Waals surface area contributed by atoms with Crippen LogP contribution in [0.5, 0.6) is 11.5 Å². The van der Waals surface area contributed by atoms with Gasteiger partial charge >= 0.3 is 0 Å². The number of aromatic nitrogens is 2. The molecule has 0 saturated carbocycles. The third-order valence-electron chi connectivity index (χ3n) is 5.16. The van der Waals surface area contributed by atoms with E-state index in [0.29, 0.717) is 29.8 Å². The Bertz CT molecular complexity index is 1100. The Morgan fingerprint density at radius 3 is 2.47 bits per heavy atom. The molecule has 1 N–H and O–H groups in total. The molecule has 0 unspecified atom stereocenters. The normalized spacial score (nSPS) is 10.6. The van der Waals surface area contributed by atoms with Gasteiger partial charge in [-0.25, -0.2) is 0 Å². The molecule has 32 heavy (non-hydrogen) atoms. The van der Waals surface area contributed by atoms with Crippen LogP contribution >= 0.6 is 0 Å². The number of rotatable bonds is 10. The van der Waals surface area contributed by atoms with Gasteiger partial charge in [-0.05, 0) is 24.5 Å². The molecule has 0 radical (unpaired) electrons.